The molecule has 0 aromatic heterocycles. The summed E-state index contributed by atoms with van der Waals surface area (Å²) < 4.78 is 23.1. The number of likely N-dealkylation sites (tertiary alicyclic amines) is 1. The van der Waals surface area contributed by atoms with E-state index in [1.165, 1.54) is 0 Å². The summed E-state index contributed by atoms with van der Waals surface area (Å²) in [5.41, 5.74) is 0.521. The summed E-state index contributed by atoms with van der Waals surface area (Å²) in [6, 6.07) is 5.54. The highest BCUT2D eigenvalue weighted by molar-refractivity contribution is 5.98. The third-order valence-corrected chi connectivity index (χ3v) is 6.11. The fourth-order valence-corrected chi connectivity index (χ4v) is 4.62. The number of amides is 1. The number of nitrogens with zero attached hydrogens (tertiary/aromatic N) is 1. The molecular formula is C21H29NO5. The first-order chi connectivity index (χ1) is 13.2. The van der Waals surface area contributed by atoms with Crippen LogP contribution in [0.15, 0.2) is 18.2 Å². The third-order valence-electron chi connectivity index (χ3n) is 6.11. The standard InChI is InChI=1S/C21H29NO5/c1-2-24-12-6-16-7-13-27-21(16)8-10-22(11-9-21)20(23)17-4-3-5-18-19(17)26-15-14-25-18/h3-5,16H,2,6-15H2,1H3/t16-/m1/s1. The zero-order valence-electron chi connectivity index (χ0n) is 16.1. The molecule has 2 fully saturated rings. The second-order valence-corrected chi connectivity index (χ2v) is 7.51. The van der Waals surface area contributed by atoms with Gasteiger partial charge in [0.25, 0.3) is 5.91 Å². The molecule has 148 valence electrons. The molecule has 0 radical (unpaired) electrons. The summed E-state index contributed by atoms with van der Waals surface area (Å²) in [5, 5.41) is 0. The molecule has 27 heavy (non-hydrogen) atoms. The van der Waals surface area contributed by atoms with Gasteiger partial charge in [0.1, 0.15) is 13.2 Å². The number of ether oxygens (including phenoxy) is 4. The maximum atomic E-state index is 13.1. The average molecular weight is 375 g/mol. The Morgan fingerprint density at radius 1 is 1.22 bits per heavy atom. The highest BCUT2D eigenvalue weighted by Crippen LogP contribution is 2.43. The van der Waals surface area contributed by atoms with Crippen LogP contribution in [0.5, 0.6) is 11.5 Å². The minimum Gasteiger partial charge on any atom is -0.486 e. The fraction of sp³-hybridized carbons (Fsp3) is 0.667. The lowest BCUT2D eigenvalue weighted by Gasteiger charge is -2.42. The zero-order valence-corrected chi connectivity index (χ0v) is 16.1. The van der Waals surface area contributed by atoms with E-state index in [2.05, 4.69) is 0 Å². The molecule has 1 atom stereocenters. The van der Waals surface area contributed by atoms with E-state index >= 15 is 0 Å². The molecule has 0 N–H and O–H groups in total. The van der Waals surface area contributed by atoms with Gasteiger partial charge in [-0.1, -0.05) is 6.07 Å². The first-order valence-corrected chi connectivity index (χ1v) is 10.1. The van der Waals surface area contributed by atoms with Crippen molar-refractivity contribution in [3.05, 3.63) is 23.8 Å². The van der Waals surface area contributed by atoms with E-state index in [4.69, 9.17) is 18.9 Å². The Morgan fingerprint density at radius 3 is 2.85 bits per heavy atom. The molecule has 1 amide bonds. The van der Waals surface area contributed by atoms with Crippen LogP contribution in [-0.2, 0) is 9.47 Å². The van der Waals surface area contributed by atoms with Crippen LogP contribution in [0.1, 0.15) is 43.0 Å². The van der Waals surface area contributed by atoms with Crippen LogP contribution < -0.4 is 9.47 Å². The molecule has 3 aliphatic heterocycles. The van der Waals surface area contributed by atoms with E-state index in [1.807, 2.05) is 30.0 Å². The molecule has 4 rings (SSSR count). The van der Waals surface area contributed by atoms with Crippen molar-refractivity contribution < 1.29 is 23.7 Å². The number of rotatable bonds is 5. The average Bonchev–Trinajstić information content (AvgIpc) is 3.10. The summed E-state index contributed by atoms with van der Waals surface area (Å²) >= 11 is 0. The lowest BCUT2D eigenvalue weighted by Crippen LogP contribution is -2.49. The summed E-state index contributed by atoms with van der Waals surface area (Å²) in [5.74, 6) is 1.80. The van der Waals surface area contributed by atoms with Gasteiger partial charge in [0, 0.05) is 32.9 Å². The SMILES string of the molecule is CCOCC[C@@H]1CCOC12CCN(C(=O)c1cccc3c1OCCO3)CC2. The summed E-state index contributed by atoms with van der Waals surface area (Å²) in [7, 11) is 0. The third kappa shape index (κ3) is 3.65. The number of fused-ring (bicyclic) bond motifs is 1. The minimum absolute atomic E-state index is 0.0241. The summed E-state index contributed by atoms with van der Waals surface area (Å²) in [6.07, 6.45) is 3.92. The van der Waals surface area contributed by atoms with Gasteiger partial charge in [0.2, 0.25) is 0 Å². The number of benzene rings is 1. The van der Waals surface area contributed by atoms with Crippen molar-refractivity contribution in [3.63, 3.8) is 0 Å². The van der Waals surface area contributed by atoms with E-state index in [9.17, 15) is 4.79 Å². The normalized spacial score (nSPS) is 23.6. The lowest BCUT2D eigenvalue weighted by atomic mass is 9.78. The van der Waals surface area contributed by atoms with Gasteiger partial charge in [-0.25, -0.2) is 0 Å². The highest BCUT2D eigenvalue weighted by atomic mass is 16.6. The van der Waals surface area contributed by atoms with Crippen molar-refractivity contribution in [3.8, 4) is 11.5 Å². The minimum atomic E-state index is -0.0798. The van der Waals surface area contributed by atoms with Crippen molar-refractivity contribution in [1.29, 1.82) is 0 Å². The predicted octanol–water partition coefficient (Wildman–Crippen LogP) is 2.90. The smallest absolute Gasteiger partial charge is 0.257 e. The van der Waals surface area contributed by atoms with Gasteiger partial charge in [0.05, 0.1) is 11.2 Å². The number of para-hydroxylation sites is 1. The van der Waals surface area contributed by atoms with E-state index in [-0.39, 0.29) is 11.5 Å². The molecule has 1 aromatic carbocycles. The molecule has 0 aliphatic carbocycles. The zero-order chi connectivity index (χ0) is 18.7. The van der Waals surface area contributed by atoms with Crippen molar-refractivity contribution in [1.82, 2.24) is 4.90 Å². The van der Waals surface area contributed by atoms with Crippen LogP contribution in [-0.4, -0.2) is 62.5 Å². The molecule has 1 aromatic rings. The van der Waals surface area contributed by atoms with Crippen LogP contribution in [0.2, 0.25) is 0 Å². The van der Waals surface area contributed by atoms with Gasteiger partial charge in [-0.15, -0.1) is 0 Å². The molecule has 3 aliphatic rings. The first-order valence-electron chi connectivity index (χ1n) is 10.1. The predicted molar refractivity (Wildman–Crippen MR) is 100 cm³/mol. The van der Waals surface area contributed by atoms with Gasteiger partial charge < -0.3 is 23.8 Å². The largest absolute Gasteiger partial charge is 0.486 e. The van der Waals surface area contributed by atoms with E-state index < -0.39 is 0 Å². The number of carbonyl (C=O) groups excluding carboxylic acids is 1. The first kappa shape index (κ1) is 18.6. The molecule has 0 bridgehead atoms. The second-order valence-electron chi connectivity index (χ2n) is 7.51. The van der Waals surface area contributed by atoms with Gasteiger partial charge in [-0.2, -0.15) is 0 Å². The van der Waals surface area contributed by atoms with Crippen LogP contribution in [0, 0.1) is 5.92 Å². The van der Waals surface area contributed by atoms with E-state index in [1.54, 1.807) is 0 Å². The van der Waals surface area contributed by atoms with Crippen molar-refractivity contribution in [2.24, 2.45) is 5.92 Å². The van der Waals surface area contributed by atoms with Crippen LogP contribution in [0.25, 0.3) is 0 Å². The Balaban J connectivity index is 1.41. The van der Waals surface area contributed by atoms with Gasteiger partial charge in [-0.05, 0) is 50.7 Å². The molecule has 1 spiro atoms. The number of hydrogen-bond donors (Lipinski definition) is 0. The van der Waals surface area contributed by atoms with Gasteiger partial charge in [-0.3, -0.25) is 4.79 Å². The Morgan fingerprint density at radius 2 is 2.04 bits per heavy atom. The van der Waals surface area contributed by atoms with Crippen LogP contribution in [0.4, 0.5) is 0 Å². The molecule has 0 saturated carbocycles. The van der Waals surface area contributed by atoms with Crippen molar-refractivity contribution in [2.75, 3.05) is 46.1 Å². The fourth-order valence-electron chi connectivity index (χ4n) is 4.62. The van der Waals surface area contributed by atoms with Gasteiger partial charge in [0.15, 0.2) is 11.5 Å². The number of hydrogen-bond acceptors (Lipinski definition) is 5. The summed E-state index contributed by atoms with van der Waals surface area (Å²) in [4.78, 5) is 15.0. The molecular weight excluding hydrogens is 346 g/mol. The molecule has 6 heteroatoms. The van der Waals surface area contributed by atoms with Crippen LogP contribution >= 0.6 is 0 Å². The number of piperidine rings is 1. The van der Waals surface area contributed by atoms with Crippen molar-refractivity contribution in [2.45, 2.75) is 38.2 Å². The topological polar surface area (TPSA) is 57.2 Å². The Labute approximate surface area is 160 Å². The molecule has 3 heterocycles. The van der Waals surface area contributed by atoms with Crippen molar-refractivity contribution >= 4 is 5.91 Å². The van der Waals surface area contributed by atoms with Crippen LogP contribution in [0.3, 0.4) is 0 Å². The Bertz CT molecular complexity index is 669. The number of carbonyl (C=O) groups is 1. The second kappa shape index (κ2) is 8.07. The van der Waals surface area contributed by atoms with E-state index in [0.29, 0.717) is 49.3 Å². The van der Waals surface area contributed by atoms with Gasteiger partial charge >= 0.3 is 0 Å². The molecule has 6 nitrogen and oxygen atoms in total. The Hall–Kier alpha value is -1.79. The lowest BCUT2D eigenvalue weighted by molar-refractivity contribution is -0.0669. The monoisotopic (exact) mass is 375 g/mol. The maximum Gasteiger partial charge on any atom is 0.257 e. The molecule has 2 saturated heterocycles. The Kier molecular flexibility index (Phi) is 5.55. The quantitative estimate of drug-likeness (QED) is 0.741. The summed E-state index contributed by atoms with van der Waals surface area (Å²) in [6.45, 7) is 6.85. The molecule has 0 unspecified atom stereocenters. The van der Waals surface area contributed by atoms with E-state index in [0.717, 1.165) is 45.5 Å². The highest BCUT2D eigenvalue weighted by Gasteiger charge is 2.46. The maximum absolute atomic E-state index is 13.1.